The van der Waals surface area contributed by atoms with Gasteiger partial charge in [-0.3, -0.25) is 14.5 Å². The smallest absolute Gasteiger partial charge is 0.411 e. The third-order valence-electron chi connectivity index (χ3n) is 4.41. The highest BCUT2D eigenvalue weighted by molar-refractivity contribution is 5.85. The Morgan fingerprint density at radius 1 is 1.25 bits per heavy atom. The highest BCUT2D eigenvalue weighted by Crippen LogP contribution is 2.29. The quantitative estimate of drug-likeness (QED) is 0.751. The van der Waals surface area contributed by atoms with Crippen LogP contribution in [-0.2, 0) is 21.0 Å². The molecule has 0 N–H and O–H groups in total. The third kappa shape index (κ3) is 4.26. The van der Waals surface area contributed by atoms with Gasteiger partial charge in [0.15, 0.2) is 0 Å². The van der Waals surface area contributed by atoms with E-state index in [0.717, 1.165) is 24.8 Å². The summed E-state index contributed by atoms with van der Waals surface area (Å²) in [6, 6.07) is 9.05. The Morgan fingerprint density at radius 2 is 1.96 bits per heavy atom. The SMILES string of the molecule is CCCC1CCC(C(=O)N(C)OC)N1C(=O)OCc1ccccc1. The Hall–Kier alpha value is -2.08. The Balaban J connectivity index is 2.07. The predicted molar refractivity (Wildman–Crippen MR) is 90.0 cm³/mol. The number of benzene rings is 1. The van der Waals surface area contributed by atoms with E-state index >= 15 is 0 Å². The zero-order chi connectivity index (χ0) is 17.5. The van der Waals surface area contributed by atoms with Crippen LogP contribution in [0.5, 0.6) is 0 Å². The van der Waals surface area contributed by atoms with Crippen molar-refractivity contribution in [2.45, 2.75) is 51.3 Å². The average Bonchev–Trinajstić information content (AvgIpc) is 3.03. The van der Waals surface area contributed by atoms with E-state index in [1.807, 2.05) is 30.3 Å². The maximum absolute atomic E-state index is 12.6. The second kappa shape index (κ2) is 8.68. The molecule has 1 aromatic carbocycles. The molecule has 2 rings (SSSR count). The Morgan fingerprint density at radius 3 is 2.58 bits per heavy atom. The summed E-state index contributed by atoms with van der Waals surface area (Å²) in [6.07, 6.45) is 2.83. The monoisotopic (exact) mass is 334 g/mol. The molecule has 0 radical (unpaired) electrons. The lowest BCUT2D eigenvalue weighted by Gasteiger charge is -2.30. The van der Waals surface area contributed by atoms with Crippen molar-refractivity contribution in [3.05, 3.63) is 35.9 Å². The number of hydrogen-bond acceptors (Lipinski definition) is 4. The van der Waals surface area contributed by atoms with E-state index in [1.54, 1.807) is 11.9 Å². The van der Waals surface area contributed by atoms with Crippen LogP contribution in [0.25, 0.3) is 0 Å². The van der Waals surface area contributed by atoms with Crippen LogP contribution < -0.4 is 0 Å². The molecular formula is C18H26N2O4. The summed E-state index contributed by atoms with van der Waals surface area (Å²) in [6.45, 7) is 2.28. The van der Waals surface area contributed by atoms with E-state index in [1.165, 1.54) is 12.2 Å². The van der Waals surface area contributed by atoms with E-state index in [0.29, 0.717) is 6.42 Å². The van der Waals surface area contributed by atoms with Gasteiger partial charge in [-0.2, -0.15) is 0 Å². The van der Waals surface area contributed by atoms with Crippen LogP contribution in [0.3, 0.4) is 0 Å². The molecule has 2 amide bonds. The standard InChI is InChI=1S/C18H26N2O4/c1-4-8-15-11-12-16(17(21)19(2)23-3)20(15)18(22)24-13-14-9-6-5-7-10-14/h5-7,9-10,15-16H,4,8,11-13H2,1-3H3. The Labute approximate surface area is 143 Å². The molecule has 0 bridgehead atoms. The fraction of sp³-hybridized carbons (Fsp3) is 0.556. The van der Waals surface area contributed by atoms with Crippen LogP contribution in [0, 0.1) is 0 Å². The number of carbonyl (C=O) groups excluding carboxylic acids is 2. The normalized spacial score (nSPS) is 20.0. The lowest BCUT2D eigenvalue weighted by Crippen LogP contribution is -2.49. The van der Waals surface area contributed by atoms with E-state index in [9.17, 15) is 9.59 Å². The molecule has 2 unspecified atom stereocenters. The van der Waals surface area contributed by atoms with Crippen LogP contribution in [0.4, 0.5) is 4.79 Å². The number of hydrogen-bond donors (Lipinski definition) is 0. The number of hydroxylamine groups is 2. The topological polar surface area (TPSA) is 59.1 Å². The molecule has 132 valence electrons. The van der Waals surface area contributed by atoms with Crippen LogP contribution in [0.15, 0.2) is 30.3 Å². The van der Waals surface area contributed by atoms with Crippen molar-refractivity contribution in [1.82, 2.24) is 9.96 Å². The van der Waals surface area contributed by atoms with Gasteiger partial charge < -0.3 is 4.74 Å². The van der Waals surface area contributed by atoms with Crippen LogP contribution in [0.2, 0.25) is 0 Å². The molecule has 1 saturated heterocycles. The van der Waals surface area contributed by atoms with Gasteiger partial charge in [-0.25, -0.2) is 9.86 Å². The summed E-state index contributed by atoms with van der Waals surface area (Å²) >= 11 is 0. The molecule has 0 aromatic heterocycles. The third-order valence-corrected chi connectivity index (χ3v) is 4.41. The zero-order valence-electron chi connectivity index (χ0n) is 14.6. The van der Waals surface area contributed by atoms with Crippen molar-refractivity contribution in [2.24, 2.45) is 0 Å². The van der Waals surface area contributed by atoms with Gasteiger partial charge in [0.25, 0.3) is 5.91 Å². The number of likely N-dealkylation sites (tertiary alicyclic amines) is 1. The number of carbonyl (C=O) groups is 2. The first kappa shape index (κ1) is 18.3. The van der Waals surface area contributed by atoms with E-state index in [2.05, 4.69) is 6.92 Å². The number of rotatable bonds is 6. The second-order valence-corrected chi connectivity index (χ2v) is 6.00. The molecule has 6 nitrogen and oxygen atoms in total. The predicted octanol–water partition coefficient (Wildman–Crippen LogP) is 2.98. The highest BCUT2D eigenvalue weighted by atomic mass is 16.7. The van der Waals surface area contributed by atoms with E-state index < -0.39 is 12.1 Å². The Kier molecular flexibility index (Phi) is 6.61. The lowest BCUT2D eigenvalue weighted by molar-refractivity contribution is -0.173. The summed E-state index contributed by atoms with van der Waals surface area (Å²) in [7, 11) is 3.00. The van der Waals surface area contributed by atoms with Gasteiger partial charge in [-0.05, 0) is 24.8 Å². The number of likely N-dealkylation sites (N-methyl/N-ethyl adjacent to an activating group) is 1. The summed E-state index contributed by atoms with van der Waals surface area (Å²) in [5, 5.41) is 1.18. The summed E-state index contributed by atoms with van der Waals surface area (Å²) in [4.78, 5) is 31.7. The molecule has 1 heterocycles. The van der Waals surface area contributed by atoms with Crippen molar-refractivity contribution in [3.8, 4) is 0 Å². The first-order chi connectivity index (χ1) is 11.6. The van der Waals surface area contributed by atoms with Crippen molar-refractivity contribution >= 4 is 12.0 Å². The van der Waals surface area contributed by atoms with Crippen molar-refractivity contribution in [1.29, 1.82) is 0 Å². The largest absolute Gasteiger partial charge is 0.445 e. The fourth-order valence-corrected chi connectivity index (χ4v) is 3.11. The van der Waals surface area contributed by atoms with Crippen LogP contribution >= 0.6 is 0 Å². The van der Waals surface area contributed by atoms with Gasteiger partial charge in [-0.15, -0.1) is 0 Å². The highest BCUT2D eigenvalue weighted by Gasteiger charge is 2.42. The van der Waals surface area contributed by atoms with Crippen molar-refractivity contribution < 1.29 is 19.2 Å². The van der Waals surface area contributed by atoms with Gasteiger partial charge in [0.05, 0.1) is 7.11 Å². The molecular weight excluding hydrogens is 308 g/mol. The maximum Gasteiger partial charge on any atom is 0.411 e. The van der Waals surface area contributed by atoms with Crippen molar-refractivity contribution in [3.63, 3.8) is 0 Å². The van der Waals surface area contributed by atoms with Gasteiger partial charge in [0.2, 0.25) is 0 Å². The fourth-order valence-electron chi connectivity index (χ4n) is 3.11. The second-order valence-electron chi connectivity index (χ2n) is 6.00. The van der Waals surface area contributed by atoms with Gasteiger partial charge in [0, 0.05) is 13.1 Å². The minimum absolute atomic E-state index is 0.0393. The molecule has 0 saturated carbocycles. The molecule has 0 aliphatic carbocycles. The van der Waals surface area contributed by atoms with Gasteiger partial charge in [0.1, 0.15) is 12.6 Å². The maximum atomic E-state index is 12.6. The summed E-state index contributed by atoms with van der Waals surface area (Å²) < 4.78 is 5.46. The average molecular weight is 334 g/mol. The van der Waals surface area contributed by atoms with E-state index in [-0.39, 0.29) is 18.6 Å². The van der Waals surface area contributed by atoms with Gasteiger partial charge >= 0.3 is 6.09 Å². The van der Waals surface area contributed by atoms with E-state index in [4.69, 9.17) is 9.57 Å². The molecule has 6 heteroatoms. The first-order valence-corrected chi connectivity index (χ1v) is 8.39. The molecule has 2 atom stereocenters. The summed E-state index contributed by atoms with van der Waals surface area (Å²) in [5.41, 5.74) is 0.925. The van der Waals surface area contributed by atoms with Crippen molar-refractivity contribution in [2.75, 3.05) is 14.2 Å². The Bertz CT molecular complexity index is 549. The molecule has 0 spiro atoms. The molecule has 1 aliphatic heterocycles. The zero-order valence-corrected chi connectivity index (χ0v) is 14.6. The van der Waals surface area contributed by atoms with Gasteiger partial charge in [-0.1, -0.05) is 43.7 Å². The van der Waals surface area contributed by atoms with Crippen LogP contribution in [-0.4, -0.2) is 48.2 Å². The first-order valence-electron chi connectivity index (χ1n) is 8.39. The minimum Gasteiger partial charge on any atom is -0.445 e. The summed E-state index contributed by atoms with van der Waals surface area (Å²) in [5.74, 6) is -0.215. The number of amides is 2. The minimum atomic E-state index is -0.519. The number of nitrogens with zero attached hydrogens (tertiary/aromatic N) is 2. The molecule has 1 aromatic rings. The lowest BCUT2D eigenvalue weighted by atomic mass is 10.1. The molecule has 1 fully saturated rings. The molecule has 24 heavy (non-hydrogen) atoms. The molecule has 1 aliphatic rings. The van der Waals surface area contributed by atoms with Crippen LogP contribution in [0.1, 0.15) is 38.2 Å². The number of ether oxygens (including phenoxy) is 1.